The predicted octanol–water partition coefficient (Wildman–Crippen LogP) is 3.34. The molecule has 0 aliphatic carbocycles. The molecular weight excluding hydrogens is 371 g/mol. The van der Waals surface area contributed by atoms with Gasteiger partial charge in [-0.25, -0.2) is 26.5 Å². The molecule has 1 saturated heterocycles. The molecule has 0 aromatic carbocycles. The zero-order valence-corrected chi connectivity index (χ0v) is 14.8. The first-order valence-corrected chi connectivity index (χ1v) is 8.77. The molecule has 0 saturated carbocycles. The fraction of sp³-hybridized carbons (Fsp3) is 0.389. The maximum atomic E-state index is 13.0. The average molecular weight is 387 g/mol. The molecule has 1 aliphatic rings. The van der Waals surface area contributed by atoms with Crippen molar-refractivity contribution in [2.45, 2.75) is 19.0 Å². The molecule has 1 fully saturated rings. The van der Waals surface area contributed by atoms with Gasteiger partial charge in [0.1, 0.15) is 11.5 Å². The quantitative estimate of drug-likeness (QED) is 0.645. The van der Waals surface area contributed by atoms with E-state index in [1.165, 1.54) is 10.6 Å². The number of imidazole rings is 1. The summed E-state index contributed by atoms with van der Waals surface area (Å²) in [4.78, 5) is 21.9. The number of halogens is 3. The van der Waals surface area contributed by atoms with Crippen molar-refractivity contribution in [1.82, 2.24) is 24.3 Å². The normalized spacial score (nSPS) is 17.6. The summed E-state index contributed by atoms with van der Waals surface area (Å²) >= 11 is 0. The number of hydrogen-bond donors (Lipinski definition) is 0. The number of alkyl halides is 3. The highest BCUT2D eigenvalue weighted by Crippen LogP contribution is 2.29. The summed E-state index contributed by atoms with van der Waals surface area (Å²) in [5.74, 6) is 1.28. The van der Waals surface area contributed by atoms with Gasteiger partial charge in [-0.1, -0.05) is 0 Å². The van der Waals surface area contributed by atoms with Gasteiger partial charge in [-0.3, -0.25) is 4.40 Å². The number of fused-ring (bicyclic) bond motifs is 1. The van der Waals surface area contributed by atoms with Gasteiger partial charge in [0.2, 0.25) is 6.54 Å². The van der Waals surface area contributed by atoms with E-state index >= 15 is 0 Å². The van der Waals surface area contributed by atoms with Crippen LogP contribution in [0.5, 0.6) is 0 Å². The summed E-state index contributed by atoms with van der Waals surface area (Å²) < 4.78 is 40.3. The van der Waals surface area contributed by atoms with E-state index in [9.17, 15) is 13.2 Å². The minimum Gasteiger partial charge on any atom is -0.356 e. The molecule has 10 heteroatoms. The van der Waals surface area contributed by atoms with Crippen LogP contribution >= 0.6 is 0 Å². The van der Waals surface area contributed by atoms with Gasteiger partial charge in [-0.05, 0) is 18.9 Å². The number of aromatic nitrogens is 5. The van der Waals surface area contributed by atoms with Crippen molar-refractivity contribution in [3.05, 3.63) is 48.0 Å². The summed E-state index contributed by atoms with van der Waals surface area (Å²) in [6, 6.07) is 1.77. The second kappa shape index (κ2) is 7.07. The maximum Gasteiger partial charge on any atom is 0.434 e. The van der Waals surface area contributed by atoms with Crippen LogP contribution in [-0.2, 0) is 6.18 Å². The van der Waals surface area contributed by atoms with E-state index in [-0.39, 0.29) is 11.5 Å². The molecule has 1 atom stereocenters. The molecular formula is C18H16F3N7. The number of piperidine rings is 1. The SMILES string of the molecule is [C-]#[N+]CC1CCCN(c2ccnc(-c3cnc4cnc(C(F)(F)F)cn34)n2)C1. The molecule has 0 bridgehead atoms. The van der Waals surface area contributed by atoms with E-state index in [4.69, 9.17) is 6.57 Å². The molecule has 0 N–H and O–H groups in total. The first-order chi connectivity index (χ1) is 13.5. The Hall–Kier alpha value is -3.22. The molecule has 3 aromatic rings. The van der Waals surface area contributed by atoms with E-state index in [1.807, 2.05) is 0 Å². The van der Waals surface area contributed by atoms with E-state index in [0.29, 0.717) is 24.0 Å². The molecule has 0 radical (unpaired) electrons. The van der Waals surface area contributed by atoms with Crippen LogP contribution in [0.3, 0.4) is 0 Å². The minimum absolute atomic E-state index is 0.284. The van der Waals surface area contributed by atoms with Crippen molar-refractivity contribution in [1.29, 1.82) is 0 Å². The Labute approximate surface area is 158 Å². The first-order valence-electron chi connectivity index (χ1n) is 8.77. The van der Waals surface area contributed by atoms with Gasteiger partial charge >= 0.3 is 6.18 Å². The lowest BCUT2D eigenvalue weighted by atomic mass is 9.98. The monoisotopic (exact) mass is 387 g/mol. The minimum atomic E-state index is -4.55. The van der Waals surface area contributed by atoms with E-state index in [2.05, 4.69) is 29.7 Å². The maximum absolute atomic E-state index is 13.0. The fourth-order valence-electron chi connectivity index (χ4n) is 3.40. The highest BCUT2D eigenvalue weighted by Gasteiger charge is 2.33. The Morgan fingerprint density at radius 3 is 2.86 bits per heavy atom. The molecule has 28 heavy (non-hydrogen) atoms. The highest BCUT2D eigenvalue weighted by molar-refractivity contribution is 5.58. The summed E-state index contributed by atoms with van der Waals surface area (Å²) in [5, 5.41) is 0. The number of nitrogens with zero attached hydrogens (tertiary/aromatic N) is 7. The Morgan fingerprint density at radius 2 is 2.07 bits per heavy atom. The zero-order valence-electron chi connectivity index (χ0n) is 14.8. The smallest absolute Gasteiger partial charge is 0.356 e. The topological polar surface area (TPSA) is 63.6 Å². The van der Waals surface area contributed by atoms with Crippen LogP contribution in [-0.4, -0.2) is 44.0 Å². The van der Waals surface area contributed by atoms with Gasteiger partial charge in [-0.2, -0.15) is 13.2 Å². The predicted molar refractivity (Wildman–Crippen MR) is 95.4 cm³/mol. The van der Waals surface area contributed by atoms with Crippen molar-refractivity contribution in [3.63, 3.8) is 0 Å². The Morgan fingerprint density at radius 1 is 1.21 bits per heavy atom. The molecule has 0 amide bonds. The van der Waals surface area contributed by atoms with Gasteiger partial charge < -0.3 is 9.74 Å². The molecule has 0 spiro atoms. The highest BCUT2D eigenvalue weighted by atomic mass is 19.4. The lowest BCUT2D eigenvalue weighted by Crippen LogP contribution is -2.37. The molecule has 4 heterocycles. The molecule has 7 nitrogen and oxygen atoms in total. The van der Waals surface area contributed by atoms with Gasteiger partial charge in [0, 0.05) is 31.4 Å². The summed E-state index contributed by atoms with van der Waals surface area (Å²) in [7, 11) is 0. The van der Waals surface area contributed by atoms with Gasteiger partial charge in [0.05, 0.1) is 12.4 Å². The zero-order chi connectivity index (χ0) is 19.7. The van der Waals surface area contributed by atoms with E-state index in [1.54, 1.807) is 12.3 Å². The van der Waals surface area contributed by atoms with E-state index < -0.39 is 11.9 Å². The fourth-order valence-corrected chi connectivity index (χ4v) is 3.40. The number of rotatable bonds is 3. The van der Waals surface area contributed by atoms with Gasteiger partial charge in [0.25, 0.3) is 0 Å². The second-order valence-corrected chi connectivity index (χ2v) is 6.68. The van der Waals surface area contributed by atoms with Crippen LogP contribution in [0.2, 0.25) is 0 Å². The van der Waals surface area contributed by atoms with Crippen LogP contribution in [0, 0.1) is 12.5 Å². The van der Waals surface area contributed by atoms with Crippen molar-refractivity contribution in [2.75, 3.05) is 24.5 Å². The number of hydrogen-bond acceptors (Lipinski definition) is 5. The molecule has 4 rings (SSSR count). The third-order valence-electron chi connectivity index (χ3n) is 4.75. The molecule has 144 valence electrons. The molecule has 1 unspecified atom stereocenters. The summed E-state index contributed by atoms with van der Waals surface area (Å²) in [6.07, 6.45) is 2.43. The standard InChI is InChI=1S/C18H16F3N7/c1-22-7-12-3-2-6-27(10-12)15-4-5-23-17(26-15)13-8-25-16-9-24-14(11-28(13)16)18(19,20)21/h4-5,8-9,11-12H,2-3,6-7,10H2. The Kier molecular flexibility index (Phi) is 4.58. The molecule has 3 aromatic heterocycles. The van der Waals surface area contributed by atoms with Crippen molar-refractivity contribution in [3.8, 4) is 11.5 Å². The van der Waals surface area contributed by atoms with Crippen LogP contribution < -0.4 is 4.90 Å². The summed E-state index contributed by atoms with van der Waals surface area (Å²) in [5.41, 5.74) is -0.361. The molecule has 1 aliphatic heterocycles. The van der Waals surface area contributed by atoms with Crippen LogP contribution in [0.1, 0.15) is 18.5 Å². The Balaban J connectivity index is 1.69. The van der Waals surface area contributed by atoms with Crippen LogP contribution in [0.4, 0.5) is 19.0 Å². The largest absolute Gasteiger partial charge is 0.434 e. The van der Waals surface area contributed by atoms with Crippen molar-refractivity contribution in [2.24, 2.45) is 5.92 Å². The van der Waals surface area contributed by atoms with Crippen molar-refractivity contribution < 1.29 is 13.2 Å². The third-order valence-corrected chi connectivity index (χ3v) is 4.75. The van der Waals surface area contributed by atoms with E-state index in [0.717, 1.165) is 38.3 Å². The second-order valence-electron chi connectivity index (χ2n) is 6.68. The third kappa shape index (κ3) is 3.47. The number of anilines is 1. The lowest BCUT2D eigenvalue weighted by Gasteiger charge is -2.31. The lowest BCUT2D eigenvalue weighted by molar-refractivity contribution is -0.141. The average Bonchev–Trinajstić information content (AvgIpc) is 3.11. The van der Waals surface area contributed by atoms with Crippen LogP contribution in [0.25, 0.3) is 22.0 Å². The first kappa shape index (κ1) is 18.2. The van der Waals surface area contributed by atoms with Crippen LogP contribution in [0.15, 0.2) is 30.9 Å². The Bertz CT molecular complexity index is 1040. The summed E-state index contributed by atoms with van der Waals surface area (Å²) in [6.45, 7) is 9.09. The van der Waals surface area contributed by atoms with Gasteiger partial charge in [0.15, 0.2) is 17.2 Å². The van der Waals surface area contributed by atoms with Gasteiger partial charge in [-0.15, -0.1) is 0 Å². The van der Waals surface area contributed by atoms with Crippen molar-refractivity contribution >= 4 is 11.5 Å².